The summed E-state index contributed by atoms with van der Waals surface area (Å²) >= 11 is 1.68. The number of hydrogen-bond donors (Lipinski definition) is 0. The lowest BCUT2D eigenvalue weighted by Crippen LogP contribution is -2.37. The molecule has 0 bridgehead atoms. The summed E-state index contributed by atoms with van der Waals surface area (Å²) in [7, 11) is 0. The number of likely N-dealkylation sites (tertiary alicyclic amines) is 1. The topological polar surface area (TPSA) is 32.3 Å². The van der Waals surface area contributed by atoms with Crippen molar-refractivity contribution >= 4 is 16.5 Å². The predicted molar refractivity (Wildman–Crippen MR) is 68.4 cm³/mol. The molecular formula is C12H18N4S. The van der Waals surface area contributed by atoms with E-state index in [4.69, 9.17) is 0 Å². The summed E-state index contributed by atoms with van der Waals surface area (Å²) in [5, 5.41) is 9.33. The van der Waals surface area contributed by atoms with E-state index in [2.05, 4.69) is 20.0 Å². The summed E-state index contributed by atoms with van der Waals surface area (Å²) in [4.78, 5) is 5.23. The average molecular weight is 250 g/mol. The van der Waals surface area contributed by atoms with Crippen molar-refractivity contribution < 1.29 is 0 Å². The molecule has 3 heterocycles. The standard InChI is InChI=1S/C12H18N4S/c1-2-9(1)7-15-5-3-11-10(15)4-6-16(11)12-14-13-8-17-12/h8-11H,1-7H2/t10-,11+/m0/s1. The van der Waals surface area contributed by atoms with E-state index < -0.39 is 0 Å². The first-order chi connectivity index (χ1) is 8.42. The molecular weight excluding hydrogens is 232 g/mol. The van der Waals surface area contributed by atoms with Crippen LogP contribution < -0.4 is 4.90 Å². The van der Waals surface area contributed by atoms with Gasteiger partial charge in [-0.05, 0) is 31.6 Å². The van der Waals surface area contributed by atoms with Gasteiger partial charge in [0.25, 0.3) is 0 Å². The fourth-order valence-corrected chi connectivity index (χ4v) is 4.11. The minimum absolute atomic E-state index is 0.710. The van der Waals surface area contributed by atoms with Gasteiger partial charge in [-0.1, -0.05) is 11.3 Å². The van der Waals surface area contributed by atoms with Gasteiger partial charge in [0.2, 0.25) is 5.13 Å². The van der Waals surface area contributed by atoms with Crippen LogP contribution in [0.25, 0.3) is 0 Å². The molecule has 0 aromatic carbocycles. The Kier molecular flexibility index (Phi) is 2.36. The molecule has 92 valence electrons. The van der Waals surface area contributed by atoms with Crippen LogP contribution >= 0.6 is 11.3 Å². The van der Waals surface area contributed by atoms with E-state index in [9.17, 15) is 0 Å². The molecule has 1 saturated carbocycles. The van der Waals surface area contributed by atoms with E-state index in [1.54, 1.807) is 11.3 Å². The van der Waals surface area contributed by atoms with Crippen molar-refractivity contribution in [2.45, 2.75) is 37.8 Å². The molecule has 0 N–H and O–H groups in total. The van der Waals surface area contributed by atoms with Gasteiger partial charge in [-0.3, -0.25) is 4.90 Å². The Morgan fingerprint density at radius 2 is 2.06 bits per heavy atom. The highest BCUT2D eigenvalue weighted by Crippen LogP contribution is 2.38. The van der Waals surface area contributed by atoms with E-state index in [0.29, 0.717) is 6.04 Å². The van der Waals surface area contributed by atoms with Crippen LogP contribution in [0.15, 0.2) is 5.51 Å². The summed E-state index contributed by atoms with van der Waals surface area (Å²) in [6.45, 7) is 3.82. The molecule has 1 aromatic heterocycles. The molecule has 5 heteroatoms. The predicted octanol–water partition coefficient (Wildman–Crippen LogP) is 1.60. The monoisotopic (exact) mass is 250 g/mol. The maximum Gasteiger partial charge on any atom is 0.208 e. The molecule has 2 aliphatic heterocycles. The molecule has 17 heavy (non-hydrogen) atoms. The SMILES string of the molecule is c1nnc(N2CC[C@H]3[C@H]2CCN3CC2CC2)s1. The minimum Gasteiger partial charge on any atom is -0.342 e. The summed E-state index contributed by atoms with van der Waals surface area (Å²) in [6, 6.07) is 1.50. The van der Waals surface area contributed by atoms with E-state index in [0.717, 1.165) is 17.1 Å². The highest BCUT2D eigenvalue weighted by Gasteiger charge is 2.44. The number of aromatic nitrogens is 2. The molecule has 1 aromatic rings. The smallest absolute Gasteiger partial charge is 0.208 e. The van der Waals surface area contributed by atoms with Crippen LogP contribution in [0, 0.1) is 5.92 Å². The molecule has 3 aliphatic rings. The molecule has 3 fully saturated rings. The van der Waals surface area contributed by atoms with E-state index in [1.807, 2.05) is 5.51 Å². The lowest BCUT2D eigenvalue weighted by atomic mass is 10.1. The fraction of sp³-hybridized carbons (Fsp3) is 0.833. The molecule has 0 amide bonds. The molecule has 2 atom stereocenters. The summed E-state index contributed by atoms with van der Waals surface area (Å²) < 4.78 is 0. The molecule has 1 aliphatic carbocycles. The highest BCUT2D eigenvalue weighted by atomic mass is 32.1. The lowest BCUT2D eigenvalue weighted by molar-refractivity contribution is 0.244. The lowest BCUT2D eigenvalue weighted by Gasteiger charge is -2.24. The van der Waals surface area contributed by atoms with Crippen LogP contribution in [0.4, 0.5) is 5.13 Å². The zero-order valence-electron chi connectivity index (χ0n) is 9.96. The summed E-state index contributed by atoms with van der Waals surface area (Å²) in [5.41, 5.74) is 1.85. The van der Waals surface area contributed by atoms with Gasteiger partial charge in [0.15, 0.2) is 0 Å². The van der Waals surface area contributed by atoms with Crippen LogP contribution in [0.3, 0.4) is 0 Å². The summed E-state index contributed by atoms with van der Waals surface area (Å²) in [5.74, 6) is 1.02. The van der Waals surface area contributed by atoms with E-state index in [1.165, 1.54) is 45.3 Å². The Hall–Kier alpha value is -0.680. The van der Waals surface area contributed by atoms with Gasteiger partial charge in [0.05, 0.1) is 0 Å². The number of nitrogens with zero attached hydrogens (tertiary/aromatic N) is 4. The van der Waals surface area contributed by atoms with Gasteiger partial charge in [0, 0.05) is 31.7 Å². The number of anilines is 1. The molecule has 4 rings (SSSR count). The minimum atomic E-state index is 0.710. The fourth-order valence-electron chi connectivity index (χ4n) is 3.46. The van der Waals surface area contributed by atoms with Crippen molar-refractivity contribution in [3.05, 3.63) is 5.51 Å². The first-order valence-electron chi connectivity index (χ1n) is 6.68. The Morgan fingerprint density at radius 1 is 1.18 bits per heavy atom. The molecule has 0 radical (unpaired) electrons. The van der Waals surface area contributed by atoms with Crippen molar-refractivity contribution in [1.82, 2.24) is 15.1 Å². The van der Waals surface area contributed by atoms with Crippen molar-refractivity contribution in [2.75, 3.05) is 24.5 Å². The Balaban J connectivity index is 1.49. The average Bonchev–Trinajstić information content (AvgIpc) is 2.80. The van der Waals surface area contributed by atoms with Gasteiger partial charge in [-0.15, -0.1) is 10.2 Å². The van der Waals surface area contributed by atoms with Crippen molar-refractivity contribution in [3.63, 3.8) is 0 Å². The number of fused-ring (bicyclic) bond motifs is 1. The molecule has 4 nitrogen and oxygen atoms in total. The maximum atomic E-state index is 4.23. The van der Waals surface area contributed by atoms with Gasteiger partial charge in [0.1, 0.15) is 5.51 Å². The molecule has 0 unspecified atom stereocenters. The van der Waals surface area contributed by atoms with Gasteiger partial charge >= 0.3 is 0 Å². The zero-order valence-corrected chi connectivity index (χ0v) is 10.8. The number of rotatable bonds is 3. The van der Waals surface area contributed by atoms with Crippen molar-refractivity contribution in [1.29, 1.82) is 0 Å². The maximum absolute atomic E-state index is 4.23. The second-order valence-corrected chi connectivity index (χ2v) is 6.38. The van der Waals surface area contributed by atoms with Gasteiger partial charge in [-0.2, -0.15) is 0 Å². The third-order valence-electron chi connectivity index (χ3n) is 4.48. The van der Waals surface area contributed by atoms with Gasteiger partial charge < -0.3 is 4.90 Å². The second kappa shape index (κ2) is 3.92. The van der Waals surface area contributed by atoms with Crippen LogP contribution in [-0.4, -0.2) is 46.8 Å². The zero-order chi connectivity index (χ0) is 11.2. The van der Waals surface area contributed by atoms with Crippen LogP contribution in [-0.2, 0) is 0 Å². The molecule has 2 saturated heterocycles. The number of hydrogen-bond acceptors (Lipinski definition) is 5. The van der Waals surface area contributed by atoms with Crippen LogP contribution in [0.1, 0.15) is 25.7 Å². The summed E-state index contributed by atoms with van der Waals surface area (Å²) in [6.07, 6.45) is 5.57. The third kappa shape index (κ3) is 1.76. The second-order valence-electron chi connectivity index (χ2n) is 5.57. The van der Waals surface area contributed by atoms with Crippen molar-refractivity contribution in [2.24, 2.45) is 5.92 Å². The normalized spacial score (nSPS) is 33.3. The first kappa shape index (κ1) is 10.3. The van der Waals surface area contributed by atoms with E-state index in [-0.39, 0.29) is 0 Å². The third-order valence-corrected chi connectivity index (χ3v) is 5.20. The van der Waals surface area contributed by atoms with Crippen LogP contribution in [0.2, 0.25) is 0 Å². The Morgan fingerprint density at radius 3 is 2.82 bits per heavy atom. The van der Waals surface area contributed by atoms with Crippen molar-refractivity contribution in [3.8, 4) is 0 Å². The Bertz CT molecular complexity index is 389. The van der Waals surface area contributed by atoms with Gasteiger partial charge in [-0.25, -0.2) is 0 Å². The first-order valence-corrected chi connectivity index (χ1v) is 7.56. The quantitative estimate of drug-likeness (QED) is 0.815. The van der Waals surface area contributed by atoms with Crippen LogP contribution in [0.5, 0.6) is 0 Å². The largest absolute Gasteiger partial charge is 0.342 e. The van der Waals surface area contributed by atoms with E-state index >= 15 is 0 Å². The highest BCUT2D eigenvalue weighted by molar-refractivity contribution is 7.13. The Labute approximate surface area is 106 Å². The molecule has 0 spiro atoms.